The van der Waals surface area contributed by atoms with Gasteiger partial charge in [-0.1, -0.05) is 39.3 Å². The molecule has 0 aliphatic carbocycles. The van der Waals surface area contributed by atoms with Crippen molar-refractivity contribution in [3.63, 3.8) is 0 Å². The van der Waals surface area contributed by atoms with Gasteiger partial charge in [0.25, 0.3) is 5.91 Å². The van der Waals surface area contributed by atoms with Gasteiger partial charge < -0.3 is 9.84 Å². The van der Waals surface area contributed by atoms with Crippen LogP contribution in [0.15, 0.2) is 63.6 Å². The van der Waals surface area contributed by atoms with Crippen molar-refractivity contribution >= 4 is 21.8 Å². The van der Waals surface area contributed by atoms with Crippen molar-refractivity contribution in [1.29, 1.82) is 0 Å². The lowest BCUT2D eigenvalue weighted by Gasteiger charge is -2.03. The van der Waals surface area contributed by atoms with E-state index in [1.165, 1.54) is 6.07 Å². The summed E-state index contributed by atoms with van der Waals surface area (Å²) in [7, 11) is 0. The van der Waals surface area contributed by atoms with E-state index < -0.39 is 0 Å². The Hall–Kier alpha value is -2.47. The summed E-state index contributed by atoms with van der Waals surface area (Å²) in [4.78, 5) is 12.1. The normalized spacial score (nSPS) is 10.5. The number of rotatable bonds is 4. The Morgan fingerprint density at radius 2 is 2.00 bits per heavy atom. The first-order valence-corrected chi connectivity index (χ1v) is 7.67. The SMILES string of the molecule is O=C(NCc1cc(-c2ccccc2F)on1)c1cccc(Br)c1. The third-order valence-electron chi connectivity index (χ3n) is 3.22. The highest BCUT2D eigenvalue weighted by Crippen LogP contribution is 2.23. The van der Waals surface area contributed by atoms with E-state index in [-0.39, 0.29) is 18.3 Å². The molecule has 1 aromatic heterocycles. The van der Waals surface area contributed by atoms with Gasteiger partial charge in [0.15, 0.2) is 5.76 Å². The second-order valence-corrected chi connectivity index (χ2v) is 5.77. The molecule has 23 heavy (non-hydrogen) atoms. The molecule has 0 radical (unpaired) electrons. The number of hydrogen-bond donors (Lipinski definition) is 1. The first-order chi connectivity index (χ1) is 11.1. The van der Waals surface area contributed by atoms with E-state index in [0.29, 0.717) is 22.6 Å². The van der Waals surface area contributed by atoms with Crippen molar-refractivity contribution in [2.45, 2.75) is 6.54 Å². The molecule has 0 aliphatic heterocycles. The van der Waals surface area contributed by atoms with E-state index in [4.69, 9.17) is 4.52 Å². The Morgan fingerprint density at radius 3 is 2.78 bits per heavy atom. The van der Waals surface area contributed by atoms with Gasteiger partial charge in [-0.25, -0.2) is 4.39 Å². The number of nitrogens with zero attached hydrogens (tertiary/aromatic N) is 1. The molecule has 0 spiro atoms. The summed E-state index contributed by atoms with van der Waals surface area (Å²) < 4.78 is 19.7. The Labute approximate surface area is 140 Å². The molecule has 0 unspecified atom stereocenters. The van der Waals surface area contributed by atoms with E-state index in [1.807, 2.05) is 6.07 Å². The van der Waals surface area contributed by atoms with Crippen LogP contribution in [0.25, 0.3) is 11.3 Å². The van der Waals surface area contributed by atoms with Gasteiger partial charge in [0, 0.05) is 16.1 Å². The molecular weight excluding hydrogens is 363 g/mol. The number of halogens is 2. The number of benzene rings is 2. The van der Waals surface area contributed by atoms with Gasteiger partial charge in [0.05, 0.1) is 12.1 Å². The smallest absolute Gasteiger partial charge is 0.251 e. The van der Waals surface area contributed by atoms with Crippen molar-refractivity contribution in [3.05, 3.63) is 76.1 Å². The van der Waals surface area contributed by atoms with E-state index in [1.54, 1.807) is 42.5 Å². The molecule has 6 heteroatoms. The summed E-state index contributed by atoms with van der Waals surface area (Å²) in [6.07, 6.45) is 0. The first-order valence-electron chi connectivity index (χ1n) is 6.88. The van der Waals surface area contributed by atoms with E-state index >= 15 is 0 Å². The standard InChI is InChI=1S/C17H12BrFN2O2/c18-12-5-3-4-11(8-12)17(22)20-10-13-9-16(23-21-13)14-6-1-2-7-15(14)19/h1-9H,10H2,(H,20,22). The summed E-state index contributed by atoms with van der Waals surface area (Å²) in [6, 6.07) is 15.0. The fourth-order valence-electron chi connectivity index (χ4n) is 2.09. The molecule has 0 saturated carbocycles. The largest absolute Gasteiger partial charge is 0.356 e. The Balaban J connectivity index is 1.68. The van der Waals surface area contributed by atoms with Crippen LogP contribution in [0.2, 0.25) is 0 Å². The number of nitrogens with one attached hydrogen (secondary N) is 1. The zero-order chi connectivity index (χ0) is 16.2. The van der Waals surface area contributed by atoms with Gasteiger partial charge in [-0.15, -0.1) is 0 Å². The highest BCUT2D eigenvalue weighted by molar-refractivity contribution is 9.10. The molecule has 0 saturated heterocycles. The van der Waals surface area contributed by atoms with Gasteiger partial charge in [0.1, 0.15) is 11.5 Å². The fourth-order valence-corrected chi connectivity index (χ4v) is 2.48. The highest BCUT2D eigenvalue weighted by atomic mass is 79.9. The molecule has 2 aromatic carbocycles. The Morgan fingerprint density at radius 1 is 1.17 bits per heavy atom. The molecule has 3 aromatic rings. The summed E-state index contributed by atoms with van der Waals surface area (Å²) in [5, 5.41) is 6.60. The molecule has 4 nitrogen and oxygen atoms in total. The number of carbonyl (C=O) groups is 1. The van der Waals surface area contributed by atoms with Crippen LogP contribution in [-0.2, 0) is 6.54 Å². The van der Waals surface area contributed by atoms with Crippen LogP contribution in [0.4, 0.5) is 4.39 Å². The third-order valence-corrected chi connectivity index (χ3v) is 3.71. The fraction of sp³-hybridized carbons (Fsp3) is 0.0588. The predicted molar refractivity (Wildman–Crippen MR) is 87.2 cm³/mol. The van der Waals surface area contributed by atoms with Crippen LogP contribution in [-0.4, -0.2) is 11.1 Å². The van der Waals surface area contributed by atoms with E-state index in [9.17, 15) is 9.18 Å². The lowest BCUT2D eigenvalue weighted by molar-refractivity contribution is 0.0950. The summed E-state index contributed by atoms with van der Waals surface area (Å²) >= 11 is 3.32. The van der Waals surface area contributed by atoms with Crippen LogP contribution in [0, 0.1) is 5.82 Å². The van der Waals surface area contributed by atoms with Crippen LogP contribution >= 0.6 is 15.9 Å². The molecule has 0 bridgehead atoms. The zero-order valence-corrected chi connectivity index (χ0v) is 13.5. The average Bonchev–Trinajstić information content (AvgIpc) is 3.02. The van der Waals surface area contributed by atoms with Crippen LogP contribution in [0.5, 0.6) is 0 Å². The minimum absolute atomic E-state index is 0.198. The molecule has 0 atom stereocenters. The molecule has 1 N–H and O–H groups in total. The van der Waals surface area contributed by atoms with E-state index in [2.05, 4.69) is 26.4 Å². The lowest BCUT2D eigenvalue weighted by Crippen LogP contribution is -2.22. The van der Waals surface area contributed by atoms with Gasteiger partial charge in [-0.05, 0) is 30.3 Å². The molecular formula is C17H12BrFN2O2. The minimum atomic E-state index is -0.381. The maximum Gasteiger partial charge on any atom is 0.251 e. The molecule has 116 valence electrons. The maximum atomic E-state index is 13.7. The quantitative estimate of drug-likeness (QED) is 0.745. The van der Waals surface area contributed by atoms with Crippen LogP contribution in [0.1, 0.15) is 16.1 Å². The summed E-state index contributed by atoms with van der Waals surface area (Å²) in [5.41, 5.74) is 1.40. The molecule has 1 heterocycles. The minimum Gasteiger partial charge on any atom is -0.356 e. The van der Waals surface area contributed by atoms with E-state index in [0.717, 1.165) is 4.47 Å². The Bertz CT molecular complexity index is 848. The molecule has 3 rings (SSSR count). The van der Waals surface area contributed by atoms with Gasteiger partial charge in [-0.2, -0.15) is 0 Å². The van der Waals surface area contributed by atoms with Crippen molar-refractivity contribution in [2.75, 3.05) is 0 Å². The van der Waals surface area contributed by atoms with Crippen molar-refractivity contribution < 1.29 is 13.7 Å². The van der Waals surface area contributed by atoms with Gasteiger partial charge >= 0.3 is 0 Å². The second kappa shape index (κ2) is 6.75. The third kappa shape index (κ3) is 3.65. The number of hydrogen-bond acceptors (Lipinski definition) is 3. The van der Waals surface area contributed by atoms with Crippen molar-refractivity contribution in [3.8, 4) is 11.3 Å². The second-order valence-electron chi connectivity index (χ2n) is 4.86. The van der Waals surface area contributed by atoms with Crippen molar-refractivity contribution in [1.82, 2.24) is 10.5 Å². The highest BCUT2D eigenvalue weighted by Gasteiger charge is 2.12. The van der Waals surface area contributed by atoms with Gasteiger partial charge in [-0.3, -0.25) is 4.79 Å². The van der Waals surface area contributed by atoms with Crippen LogP contribution in [0.3, 0.4) is 0 Å². The maximum absolute atomic E-state index is 13.7. The summed E-state index contributed by atoms with van der Waals surface area (Å²) in [5.74, 6) is -0.273. The number of aromatic nitrogens is 1. The Kier molecular flexibility index (Phi) is 4.52. The zero-order valence-electron chi connectivity index (χ0n) is 11.9. The predicted octanol–water partition coefficient (Wildman–Crippen LogP) is 4.17. The number of amides is 1. The van der Waals surface area contributed by atoms with Crippen LogP contribution < -0.4 is 5.32 Å². The number of carbonyl (C=O) groups excluding carboxylic acids is 1. The molecule has 0 fully saturated rings. The first kappa shape index (κ1) is 15.4. The average molecular weight is 375 g/mol. The molecule has 1 amide bonds. The summed E-state index contributed by atoms with van der Waals surface area (Å²) in [6.45, 7) is 0.198. The van der Waals surface area contributed by atoms with Crippen molar-refractivity contribution in [2.24, 2.45) is 0 Å². The lowest BCUT2D eigenvalue weighted by atomic mass is 10.1. The topological polar surface area (TPSA) is 55.1 Å². The van der Waals surface area contributed by atoms with Gasteiger partial charge in [0.2, 0.25) is 0 Å². The molecule has 0 aliphatic rings. The monoisotopic (exact) mass is 374 g/mol.